The van der Waals surface area contributed by atoms with Gasteiger partial charge in [0.25, 0.3) is 11.1 Å². The lowest BCUT2D eigenvalue weighted by Gasteiger charge is -2.17. The first-order chi connectivity index (χ1) is 11.6. The zero-order valence-corrected chi connectivity index (χ0v) is 14.3. The molecule has 24 heavy (non-hydrogen) atoms. The van der Waals surface area contributed by atoms with Crippen LogP contribution >= 0.6 is 11.8 Å². The molecule has 0 atom stereocenters. The third-order valence-corrected chi connectivity index (χ3v) is 5.04. The number of hydrogen-bond acceptors (Lipinski definition) is 5. The zero-order valence-electron chi connectivity index (χ0n) is 13.5. The summed E-state index contributed by atoms with van der Waals surface area (Å²) in [5, 5.41) is -0.350. The third kappa shape index (κ3) is 3.47. The van der Waals surface area contributed by atoms with Gasteiger partial charge in [-0.2, -0.15) is 0 Å². The number of rotatable bonds is 5. The maximum atomic E-state index is 14.4. The van der Waals surface area contributed by atoms with Gasteiger partial charge >= 0.3 is 0 Å². The maximum absolute atomic E-state index is 14.4. The van der Waals surface area contributed by atoms with Gasteiger partial charge in [0.15, 0.2) is 0 Å². The van der Waals surface area contributed by atoms with Gasteiger partial charge in [0.2, 0.25) is 0 Å². The van der Waals surface area contributed by atoms with Crippen LogP contribution in [0.1, 0.15) is 18.4 Å². The molecule has 2 aliphatic heterocycles. The standard InChI is InChI=1S/C17H19FN2O3S/c1-23-9-8-20-16(21)15(24-17(20)22)10-12-4-5-13(11-14(12)18)19-6-2-3-7-19/h4-5,10-11H,2-3,6-9H2,1H3/b15-10+. The van der Waals surface area contributed by atoms with Crippen molar-refractivity contribution < 1.29 is 18.7 Å². The monoisotopic (exact) mass is 350 g/mol. The number of methoxy groups -OCH3 is 1. The SMILES string of the molecule is COCCN1C(=O)S/C(=C/c2ccc(N3CCCC3)cc2F)C1=O. The normalized spacial score (nSPS) is 19.8. The summed E-state index contributed by atoms with van der Waals surface area (Å²) >= 11 is 0.831. The molecule has 5 nitrogen and oxygen atoms in total. The number of carbonyl (C=O) groups is 2. The fraction of sp³-hybridized carbons (Fsp3) is 0.412. The second-order valence-corrected chi connectivity index (χ2v) is 6.72. The molecule has 2 heterocycles. The lowest BCUT2D eigenvalue weighted by Crippen LogP contribution is -2.31. The Balaban J connectivity index is 1.78. The predicted octanol–water partition coefficient (Wildman–Crippen LogP) is 3.11. The van der Waals surface area contributed by atoms with E-state index in [-0.39, 0.29) is 29.1 Å². The number of hydrogen-bond donors (Lipinski definition) is 0. The van der Waals surface area contributed by atoms with E-state index in [0.717, 1.165) is 48.3 Å². The number of benzene rings is 1. The first-order valence-electron chi connectivity index (χ1n) is 7.89. The summed E-state index contributed by atoms with van der Waals surface area (Å²) in [6, 6.07) is 5.01. The molecule has 0 bridgehead atoms. The number of anilines is 1. The van der Waals surface area contributed by atoms with Crippen molar-refractivity contribution in [3.05, 3.63) is 34.5 Å². The molecule has 2 aliphatic rings. The van der Waals surface area contributed by atoms with Crippen molar-refractivity contribution in [2.45, 2.75) is 12.8 Å². The van der Waals surface area contributed by atoms with E-state index in [1.54, 1.807) is 6.07 Å². The quantitative estimate of drug-likeness (QED) is 0.764. The lowest BCUT2D eigenvalue weighted by atomic mass is 10.1. The molecule has 3 rings (SSSR count). The van der Waals surface area contributed by atoms with E-state index in [9.17, 15) is 14.0 Å². The van der Waals surface area contributed by atoms with Crippen LogP contribution in [0.5, 0.6) is 0 Å². The summed E-state index contributed by atoms with van der Waals surface area (Å²) in [7, 11) is 1.51. The van der Waals surface area contributed by atoms with E-state index >= 15 is 0 Å². The number of ether oxygens (including phenoxy) is 1. The summed E-state index contributed by atoms with van der Waals surface area (Å²) in [5.41, 5.74) is 1.17. The molecule has 0 unspecified atom stereocenters. The summed E-state index contributed by atoms with van der Waals surface area (Å²) in [6.45, 7) is 2.37. The summed E-state index contributed by atoms with van der Waals surface area (Å²) in [4.78, 5) is 27.6. The minimum absolute atomic E-state index is 0.203. The van der Waals surface area contributed by atoms with Gasteiger partial charge in [0.05, 0.1) is 18.1 Å². The molecular weight excluding hydrogens is 331 g/mol. The van der Waals surface area contributed by atoms with Crippen molar-refractivity contribution in [1.29, 1.82) is 0 Å². The van der Waals surface area contributed by atoms with Crippen molar-refractivity contribution in [3.63, 3.8) is 0 Å². The van der Waals surface area contributed by atoms with E-state index in [4.69, 9.17) is 4.74 Å². The van der Waals surface area contributed by atoms with Crippen LogP contribution in [0.25, 0.3) is 6.08 Å². The molecule has 2 saturated heterocycles. The molecule has 2 amide bonds. The number of imide groups is 1. The van der Waals surface area contributed by atoms with Crippen molar-refractivity contribution >= 4 is 34.7 Å². The van der Waals surface area contributed by atoms with Crippen LogP contribution in [-0.2, 0) is 9.53 Å². The topological polar surface area (TPSA) is 49.9 Å². The van der Waals surface area contributed by atoms with Gasteiger partial charge < -0.3 is 9.64 Å². The number of carbonyl (C=O) groups excluding carboxylic acids is 2. The first-order valence-corrected chi connectivity index (χ1v) is 8.70. The highest BCUT2D eigenvalue weighted by atomic mass is 32.2. The van der Waals surface area contributed by atoms with Gasteiger partial charge in [-0.1, -0.05) is 0 Å². The first kappa shape index (κ1) is 17.0. The predicted molar refractivity (Wildman–Crippen MR) is 92.4 cm³/mol. The van der Waals surface area contributed by atoms with E-state index in [0.29, 0.717) is 5.56 Å². The summed E-state index contributed by atoms with van der Waals surface area (Å²) in [6.07, 6.45) is 3.69. The minimum Gasteiger partial charge on any atom is -0.383 e. The van der Waals surface area contributed by atoms with Crippen molar-refractivity contribution in [2.24, 2.45) is 0 Å². The van der Waals surface area contributed by atoms with Gasteiger partial charge in [-0.15, -0.1) is 0 Å². The van der Waals surface area contributed by atoms with E-state index in [1.165, 1.54) is 19.3 Å². The second-order valence-electron chi connectivity index (χ2n) is 5.73. The number of thioether (sulfide) groups is 1. The fourth-order valence-electron chi connectivity index (χ4n) is 2.82. The molecule has 2 fully saturated rings. The number of nitrogens with zero attached hydrogens (tertiary/aromatic N) is 2. The highest BCUT2D eigenvalue weighted by Crippen LogP contribution is 2.33. The van der Waals surface area contributed by atoms with Gasteiger partial charge in [0, 0.05) is 31.5 Å². The van der Waals surface area contributed by atoms with Gasteiger partial charge in [-0.25, -0.2) is 4.39 Å². The molecular formula is C17H19FN2O3S. The van der Waals surface area contributed by atoms with E-state index < -0.39 is 5.91 Å². The minimum atomic E-state index is -0.398. The average Bonchev–Trinajstić information content (AvgIpc) is 3.18. The lowest BCUT2D eigenvalue weighted by molar-refractivity contribution is -0.123. The van der Waals surface area contributed by atoms with Gasteiger partial charge in [0.1, 0.15) is 5.82 Å². The number of halogens is 1. The Hall–Kier alpha value is -1.86. The Bertz CT molecular complexity index is 686. The van der Waals surface area contributed by atoms with E-state index in [2.05, 4.69) is 4.90 Å². The largest absolute Gasteiger partial charge is 0.383 e. The molecule has 1 aromatic rings. The van der Waals surface area contributed by atoms with E-state index in [1.807, 2.05) is 6.07 Å². The Kier molecular flexibility index (Phi) is 5.20. The molecule has 0 radical (unpaired) electrons. The second kappa shape index (κ2) is 7.36. The van der Waals surface area contributed by atoms with Crippen LogP contribution in [0, 0.1) is 5.82 Å². The van der Waals surface area contributed by atoms with Crippen LogP contribution in [0.3, 0.4) is 0 Å². The summed E-state index contributed by atoms with van der Waals surface area (Å²) < 4.78 is 19.3. The molecule has 0 N–H and O–H groups in total. The Labute approximate surface area is 144 Å². The highest BCUT2D eigenvalue weighted by molar-refractivity contribution is 8.18. The highest BCUT2D eigenvalue weighted by Gasteiger charge is 2.34. The van der Waals surface area contributed by atoms with Gasteiger partial charge in [-0.3, -0.25) is 14.5 Å². The molecule has 7 heteroatoms. The Morgan fingerprint density at radius 2 is 2.04 bits per heavy atom. The fourth-order valence-corrected chi connectivity index (χ4v) is 3.68. The van der Waals surface area contributed by atoms with Crippen LogP contribution in [0.15, 0.2) is 23.1 Å². The van der Waals surface area contributed by atoms with Crippen LogP contribution in [0.4, 0.5) is 14.9 Å². The van der Waals surface area contributed by atoms with Crippen molar-refractivity contribution in [3.8, 4) is 0 Å². The van der Waals surface area contributed by atoms with Crippen molar-refractivity contribution in [1.82, 2.24) is 4.90 Å². The van der Waals surface area contributed by atoms with Crippen LogP contribution in [-0.4, -0.2) is 49.4 Å². The molecule has 0 aliphatic carbocycles. The molecule has 0 aromatic heterocycles. The van der Waals surface area contributed by atoms with Crippen LogP contribution in [0.2, 0.25) is 0 Å². The zero-order chi connectivity index (χ0) is 17.1. The smallest absolute Gasteiger partial charge is 0.293 e. The molecule has 128 valence electrons. The number of amides is 2. The average molecular weight is 350 g/mol. The molecule has 0 saturated carbocycles. The molecule has 0 spiro atoms. The Morgan fingerprint density at radius 1 is 1.29 bits per heavy atom. The molecule has 1 aromatic carbocycles. The third-order valence-electron chi connectivity index (χ3n) is 4.13. The van der Waals surface area contributed by atoms with Gasteiger partial charge in [-0.05, 0) is 48.9 Å². The van der Waals surface area contributed by atoms with Crippen LogP contribution < -0.4 is 4.90 Å². The van der Waals surface area contributed by atoms with Crippen molar-refractivity contribution in [2.75, 3.05) is 38.3 Å². The maximum Gasteiger partial charge on any atom is 0.293 e. The Morgan fingerprint density at radius 3 is 2.71 bits per heavy atom. The summed E-state index contributed by atoms with van der Waals surface area (Å²) in [5.74, 6) is -0.784.